The molecule has 0 fully saturated rings. The van der Waals surface area contributed by atoms with E-state index in [9.17, 15) is 18.3 Å². The predicted molar refractivity (Wildman–Crippen MR) is 136 cm³/mol. The Morgan fingerprint density at radius 1 is 0.848 bits per heavy atom. The molecule has 0 bridgehead atoms. The van der Waals surface area contributed by atoms with Crippen molar-refractivity contribution in [2.45, 2.75) is 66.1 Å². The van der Waals surface area contributed by atoms with Gasteiger partial charge in [0, 0.05) is 11.0 Å². The summed E-state index contributed by atoms with van der Waals surface area (Å²) in [5, 5.41) is 9.46. The first-order valence-electron chi connectivity index (χ1n) is 11.7. The zero-order valence-corrected chi connectivity index (χ0v) is 21.6. The zero-order chi connectivity index (χ0) is 24.9. The normalized spacial score (nSPS) is 15.1. The molecule has 0 aliphatic carbocycles. The van der Waals surface area contributed by atoms with Crippen LogP contribution in [0.1, 0.15) is 77.2 Å². The van der Waals surface area contributed by atoms with Crippen LogP contribution < -0.4 is 0 Å². The lowest BCUT2D eigenvalue weighted by molar-refractivity contribution is -0.135. The van der Waals surface area contributed by atoms with Crippen LogP contribution in [-0.4, -0.2) is 25.2 Å². The summed E-state index contributed by atoms with van der Waals surface area (Å²) in [6.45, 7) is 12.0. The van der Waals surface area contributed by atoms with Gasteiger partial charge in [0.15, 0.2) is 9.84 Å². The highest BCUT2D eigenvalue weighted by Gasteiger charge is 2.45. The van der Waals surface area contributed by atoms with Crippen molar-refractivity contribution < 1.29 is 18.3 Å². The van der Waals surface area contributed by atoms with Crippen molar-refractivity contribution in [1.29, 1.82) is 0 Å². The Kier molecular flexibility index (Phi) is 8.69. The molecule has 0 aliphatic heterocycles. The molecule has 180 valence electrons. The lowest BCUT2D eigenvalue weighted by atomic mass is 9.59. The number of hydrogen-bond donors (Lipinski definition) is 1. The molecule has 1 unspecified atom stereocenters. The fourth-order valence-corrected chi connectivity index (χ4v) is 6.85. The first kappa shape index (κ1) is 26.8. The summed E-state index contributed by atoms with van der Waals surface area (Å²) >= 11 is 0. The van der Waals surface area contributed by atoms with E-state index in [-0.39, 0.29) is 16.7 Å². The molecule has 2 rings (SSSR count). The van der Waals surface area contributed by atoms with E-state index in [1.54, 1.807) is 0 Å². The molecule has 0 amide bonds. The molecule has 0 spiro atoms. The molecule has 0 aliphatic rings. The molecule has 2 aromatic rings. The van der Waals surface area contributed by atoms with Crippen LogP contribution in [-0.2, 0) is 14.6 Å². The smallest absolute Gasteiger partial charge is 0.332 e. The molecule has 1 atom stereocenters. The Hall–Kier alpha value is -2.40. The van der Waals surface area contributed by atoms with Gasteiger partial charge in [0.1, 0.15) is 5.25 Å². The van der Waals surface area contributed by atoms with Crippen LogP contribution in [0.15, 0.2) is 71.8 Å². The number of hydrogen-bond acceptors (Lipinski definition) is 3. The second-order valence-electron chi connectivity index (χ2n) is 9.57. The van der Waals surface area contributed by atoms with Crippen molar-refractivity contribution in [2.75, 3.05) is 5.75 Å². The van der Waals surface area contributed by atoms with E-state index in [0.29, 0.717) is 29.5 Å². The van der Waals surface area contributed by atoms with Crippen LogP contribution in [0, 0.1) is 10.8 Å². The third kappa shape index (κ3) is 5.57. The second-order valence-corrected chi connectivity index (χ2v) is 11.7. The van der Waals surface area contributed by atoms with Crippen molar-refractivity contribution in [1.82, 2.24) is 0 Å². The number of rotatable bonds is 11. The lowest BCUT2D eigenvalue weighted by Gasteiger charge is -2.45. The van der Waals surface area contributed by atoms with Gasteiger partial charge in [0.25, 0.3) is 0 Å². The van der Waals surface area contributed by atoms with E-state index in [1.165, 1.54) is 0 Å². The maximum Gasteiger partial charge on any atom is 0.332 e. The summed E-state index contributed by atoms with van der Waals surface area (Å²) in [6.07, 6.45) is 1.76. The average molecular weight is 471 g/mol. The van der Waals surface area contributed by atoms with Gasteiger partial charge in [0.2, 0.25) is 0 Å². The van der Waals surface area contributed by atoms with Crippen molar-refractivity contribution in [3.8, 4) is 0 Å². The molecule has 4 nitrogen and oxygen atoms in total. The van der Waals surface area contributed by atoms with Gasteiger partial charge in [-0.25, -0.2) is 13.2 Å². The topological polar surface area (TPSA) is 71.4 Å². The van der Waals surface area contributed by atoms with Gasteiger partial charge in [0.05, 0.1) is 5.75 Å². The number of benzene rings is 2. The van der Waals surface area contributed by atoms with Gasteiger partial charge in [-0.05, 0) is 35.0 Å². The van der Waals surface area contributed by atoms with E-state index in [4.69, 9.17) is 0 Å². The monoisotopic (exact) mass is 470 g/mol. The second kappa shape index (κ2) is 10.7. The quantitative estimate of drug-likeness (QED) is 0.365. The van der Waals surface area contributed by atoms with E-state index in [1.807, 2.05) is 81.4 Å². The Labute approximate surface area is 199 Å². The first-order valence-corrected chi connectivity index (χ1v) is 13.4. The van der Waals surface area contributed by atoms with Gasteiger partial charge in [-0.2, -0.15) is 0 Å². The molecule has 0 aromatic heterocycles. The first-order chi connectivity index (χ1) is 15.4. The summed E-state index contributed by atoms with van der Waals surface area (Å²) in [7, 11) is -3.76. The fourth-order valence-electron chi connectivity index (χ4n) is 4.70. The number of carboxylic acids is 1. The minimum Gasteiger partial charge on any atom is -0.478 e. The van der Waals surface area contributed by atoms with Crippen LogP contribution in [0.25, 0.3) is 0 Å². The number of aliphatic carboxylic acids is 1. The summed E-state index contributed by atoms with van der Waals surface area (Å²) < 4.78 is 27.9. The minimum absolute atomic E-state index is 0.253. The zero-order valence-electron chi connectivity index (χ0n) is 20.8. The van der Waals surface area contributed by atoms with Crippen LogP contribution in [0.5, 0.6) is 0 Å². The SMILES string of the molecule is CCC(CS(=O)(=O)C(c1ccccc1)c1ccccc1)=C(C(=O)O)C(C)(CC)C(C)(C)CC. The third-order valence-corrected chi connectivity index (χ3v) is 9.58. The standard InChI is InChI=1S/C28H38O4S/c1-7-21(24(26(29)30)28(6,9-3)27(4,5)8-2)20-33(31,32)25(22-16-12-10-13-17-22)23-18-14-11-15-19-23/h10-19,25H,7-9,20H2,1-6H3,(H,29,30). The van der Waals surface area contributed by atoms with Gasteiger partial charge in [-0.3, -0.25) is 0 Å². The molecule has 0 radical (unpaired) electrons. The number of carboxylic acid groups (broad SMARTS) is 1. The molecular formula is C28H38O4S. The summed E-state index contributed by atoms with van der Waals surface area (Å²) in [4.78, 5) is 12.6. The molecule has 0 saturated carbocycles. The highest BCUT2D eigenvalue weighted by Crippen LogP contribution is 2.51. The van der Waals surface area contributed by atoms with Crippen LogP contribution in [0.3, 0.4) is 0 Å². The Morgan fingerprint density at radius 3 is 1.64 bits per heavy atom. The van der Waals surface area contributed by atoms with E-state index in [0.717, 1.165) is 6.42 Å². The summed E-state index contributed by atoms with van der Waals surface area (Å²) in [6, 6.07) is 18.3. The van der Waals surface area contributed by atoms with E-state index in [2.05, 4.69) is 20.8 Å². The maximum absolute atomic E-state index is 13.9. The van der Waals surface area contributed by atoms with Crippen molar-refractivity contribution in [2.24, 2.45) is 10.8 Å². The fraction of sp³-hybridized carbons (Fsp3) is 0.464. The molecule has 33 heavy (non-hydrogen) atoms. The molecule has 0 heterocycles. The van der Waals surface area contributed by atoms with E-state index >= 15 is 0 Å². The van der Waals surface area contributed by atoms with Crippen LogP contribution in [0.4, 0.5) is 0 Å². The largest absolute Gasteiger partial charge is 0.478 e. The van der Waals surface area contributed by atoms with Crippen molar-refractivity contribution in [3.05, 3.63) is 82.9 Å². The number of sulfone groups is 1. The van der Waals surface area contributed by atoms with Crippen molar-refractivity contribution in [3.63, 3.8) is 0 Å². The average Bonchev–Trinajstić information content (AvgIpc) is 2.79. The molecule has 0 saturated heterocycles. The maximum atomic E-state index is 13.9. The number of carbonyl (C=O) groups is 1. The van der Waals surface area contributed by atoms with Crippen molar-refractivity contribution >= 4 is 15.8 Å². The minimum atomic E-state index is -3.76. The van der Waals surface area contributed by atoms with Gasteiger partial charge < -0.3 is 5.11 Å². The predicted octanol–water partition coefficient (Wildman–Crippen LogP) is 6.83. The van der Waals surface area contributed by atoms with Gasteiger partial charge >= 0.3 is 5.97 Å². The van der Waals surface area contributed by atoms with Gasteiger partial charge in [-0.1, -0.05) is 109 Å². The third-order valence-electron chi connectivity index (χ3n) is 7.57. The molecular weight excluding hydrogens is 432 g/mol. The molecule has 5 heteroatoms. The highest BCUT2D eigenvalue weighted by molar-refractivity contribution is 7.92. The Morgan fingerprint density at radius 2 is 1.30 bits per heavy atom. The van der Waals surface area contributed by atoms with Crippen LogP contribution >= 0.6 is 0 Å². The van der Waals surface area contributed by atoms with Crippen LogP contribution in [0.2, 0.25) is 0 Å². The molecule has 2 aromatic carbocycles. The molecule has 1 N–H and O–H groups in total. The highest BCUT2D eigenvalue weighted by atomic mass is 32.2. The Bertz CT molecular complexity index is 1030. The summed E-state index contributed by atoms with van der Waals surface area (Å²) in [5.74, 6) is -1.31. The Balaban J connectivity index is 2.72. The lowest BCUT2D eigenvalue weighted by Crippen LogP contribution is -2.40. The van der Waals surface area contributed by atoms with E-state index < -0.39 is 26.5 Å². The summed E-state index contributed by atoms with van der Waals surface area (Å²) in [5.41, 5.74) is 1.14. The van der Waals surface area contributed by atoms with Gasteiger partial charge in [-0.15, -0.1) is 0 Å².